The molecule has 5 heterocycles. The summed E-state index contributed by atoms with van der Waals surface area (Å²) in [4.78, 5) is 24.1. The molecule has 7 rings (SSSR count). The molecule has 0 amide bonds. The Balaban J connectivity index is 1.28. The molecule has 1 aromatic carbocycles. The van der Waals surface area contributed by atoms with Gasteiger partial charge in [-0.05, 0) is 73.0 Å². The molecule has 1 unspecified atom stereocenters. The van der Waals surface area contributed by atoms with E-state index < -0.39 is 0 Å². The van der Waals surface area contributed by atoms with Crippen LogP contribution in [-0.2, 0) is 0 Å². The van der Waals surface area contributed by atoms with Crippen LogP contribution in [0.4, 0.5) is 17.5 Å². The van der Waals surface area contributed by atoms with E-state index in [0.717, 1.165) is 58.5 Å². The van der Waals surface area contributed by atoms with Gasteiger partial charge in [0.15, 0.2) is 5.82 Å². The SMILES string of the molecule is CC1(C)CNCCC1Nc1nc(-c2ccnc(Nc3ccc4ccccc4n3)c2)nc2cncc(C3CCC3)c12. The van der Waals surface area contributed by atoms with Crippen molar-refractivity contribution in [1.82, 2.24) is 30.2 Å². The number of fused-ring (bicyclic) bond motifs is 2. The van der Waals surface area contributed by atoms with Gasteiger partial charge in [0.2, 0.25) is 0 Å². The van der Waals surface area contributed by atoms with Gasteiger partial charge >= 0.3 is 0 Å². The third-order valence-corrected chi connectivity index (χ3v) is 8.50. The van der Waals surface area contributed by atoms with Gasteiger partial charge in [0, 0.05) is 41.3 Å². The number of rotatable bonds is 6. The van der Waals surface area contributed by atoms with Crippen molar-refractivity contribution in [3.05, 3.63) is 72.7 Å². The van der Waals surface area contributed by atoms with Gasteiger partial charge in [-0.1, -0.05) is 38.5 Å². The van der Waals surface area contributed by atoms with Gasteiger partial charge in [-0.2, -0.15) is 0 Å². The molecule has 0 spiro atoms. The number of piperidine rings is 1. The first-order valence-electron chi connectivity index (χ1n) is 14.3. The molecular weight excluding hydrogens is 496 g/mol. The molecule has 1 atom stereocenters. The van der Waals surface area contributed by atoms with Crippen LogP contribution in [0.2, 0.25) is 0 Å². The summed E-state index contributed by atoms with van der Waals surface area (Å²) in [5, 5.41) is 13.0. The summed E-state index contributed by atoms with van der Waals surface area (Å²) in [5.74, 6) is 3.53. The van der Waals surface area contributed by atoms with Crippen LogP contribution in [0.15, 0.2) is 67.1 Å². The van der Waals surface area contributed by atoms with Crippen molar-refractivity contribution in [1.29, 1.82) is 0 Å². The monoisotopic (exact) mass is 530 g/mol. The molecule has 0 bridgehead atoms. The minimum Gasteiger partial charge on any atom is -0.366 e. The fourth-order valence-corrected chi connectivity index (χ4v) is 5.88. The van der Waals surface area contributed by atoms with Crippen molar-refractivity contribution in [2.75, 3.05) is 23.7 Å². The molecular formula is C32H34N8. The fourth-order valence-electron chi connectivity index (χ4n) is 5.88. The zero-order valence-electron chi connectivity index (χ0n) is 23.0. The number of aromatic nitrogens is 5. The number of hydrogen-bond donors (Lipinski definition) is 3. The minimum absolute atomic E-state index is 0.0972. The summed E-state index contributed by atoms with van der Waals surface area (Å²) in [6, 6.07) is 16.4. The smallest absolute Gasteiger partial charge is 0.162 e. The lowest BCUT2D eigenvalue weighted by atomic mass is 9.78. The predicted molar refractivity (Wildman–Crippen MR) is 161 cm³/mol. The number of hydrogen-bond acceptors (Lipinski definition) is 8. The van der Waals surface area contributed by atoms with Crippen LogP contribution in [0.5, 0.6) is 0 Å². The largest absolute Gasteiger partial charge is 0.366 e. The average molecular weight is 531 g/mol. The molecule has 4 aromatic heterocycles. The summed E-state index contributed by atoms with van der Waals surface area (Å²) in [6.45, 7) is 6.60. The first kappa shape index (κ1) is 24.8. The molecule has 0 radical (unpaired) electrons. The highest BCUT2D eigenvalue weighted by atomic mass is 15.1. The lowest BCUT2D eigenvalue weighted by molar-refractivity contribution is 0.236. The molecule has 202 valence electrons. The fraction of sp³-hybridized carbons (Fsp3) is 0.344. The Morgan fingerprint density at radius 3 is 2.65 bits per heavy atom. The third kappa shape index (κ3) is 4.73. The van der Waals surface area contributed by atoms with E-state index in [1.54, 1.807) is 6.20 Å². The van der Waals surface area contributed by atoms with Gasteiger partial charge in [0.25, 0.3) is 0 Å². The Labute approximate surface area is 234 Å². The van der Waals surface area contributed by atoms with Crippen molar-refractivity contribution in [2.24, 2.45) is 5.41 Å². The number of benzene rings is 1. The van der Waals surface area contributed by atoms with E-state index in [9.17, 15) is 0 Å². The van der Waals surface area contributed by atoms with Crippen molar-refractivity contribution >= 4 is 39.3 Å². The standard InChI is InChI=1S/C32H34N8/c1-32(2)19-33-14-13-26(32)38-31-29-23(20-7-5-8-20)17-34-18-25(29)37-30(40-31)22-12-15-35-28(16-22)39-27-11-10-21-6-3-4-9-24(21)36-27/h3-4,6,9-12,15-18,20,26,33H,5,7-8,13-14,19H2,1-2H3,(H,35,36,39)(H,37,38,40). The van der Waals surface area contributed by atoms with Gasteiger partial charge in [-0.3, -0.25) is 4.98 Å². The van der Waals surface area contributed by atoms with Gasteiger partial charge in [0.1, 0.15) is 17.5 Å². The Hall–Kier alpha value is -4.17. The van der Waals surface area contributed by atoms with Gasteiger partial charge in [-0.25, -0.2) is 19.9 Å². The van der Waals surface area contributed by atoms with E-state index in [1.165, 1.54) is 24.8 Å². The van der Waals surface area contributed by atoms with Crippen molar-refractivity contribution in [3.63, 3.8) is 0 Å². The third-order valence-electron chi connectivity index (χ3n) is 8.50. The van der Waals surface area contributed by atoms with Crippen LogP contribution in [0.3, 0.4) is 0 Å². The van der Waals surface area contributed by atoms with Gasteiger partial charge in [-0.15, -0.1) is 0 Å². The van der Waals surface area contributed by atoms with Crippen molar-refractivity contribution in [2.45, 2.75) is 51.5 Å². The van der Waals surface area contributed by atoms with E-state index in [1.807, 2.05) is 48.8 Å². The zero-order chi connectivity index (χ0) is 27.1. The summed E-state index contributed by atoms with van der Waals surface area (Å²) >= 11 is 0. The summed E-state index contributed by atoms with van der Waals surface area (Å²) in [5.41, 5.74) is 4.07. The maximum Gasteiger partial charge on any atom is 0.162 e. The Bertz CT molecular complexity index is 1690. The highest BCUT2D eigenvalue weighted by molar-refractivity contribution is 5.93. The minimum atomic E-state index is 0.0972. The quantitative estimate of drug-likeness (QED) is 0.230. The normalized spacial score (nSPS) is 18.9. The van der Waals surface area contributed by atoms with Gasteiger partial charge in [0.05, 0.1) is 17.2 Å². The number of para-hydroxylation sites is 1. The molecule has 2 fully saturated rings. The Morgan fingerprint density at radius 1 is 0.900 bits per heavy atom. The lowest BCUT2D eigenvalue weighted by Gasteiger charge is -2.40. The maximum atomic E-state index is 5.18. The number of anilines is 3. The van der Waals surface area contributed by atoms with E-state index in [-0.39, 0.29) is 5.41 Å². The predicted octanol–water partition coefficient (Wildman–Crippen LogP) is 6.45. The number of nitrogens with one attached hydrogen (secondary N) is 3. The highest BCUT2D eigenvalue weighted by Gasteiger charge is 2.33. The molecule has 5 aromatic rings. The number of pyridine rings is 3. The maximum absolute atomic E-state index is 5.18. The first-order valence-corrected chi connectivity index (χ1v) is 14.3. The van der Waals surface area contributed by atoms with Crippen molar-refractivity contribution in [3.8, 4) is 11.4 Å². The summed E-state index contributed by atoms with van der Waals surface area (Å²) in [6.07, 6.45) is 10.4. The molecule has 1 saturated heterocycles. The zero-order valence-corrected chi connectivity index (χ0v) is 23.0. The molecule has 8 nitrogen and oxygen atoms in total. The molecule has 40 heavy (non-hydrogen) atoms. The first-order chi connectivity index (χ1) is 19.5. The van der Waals surface area contributed by atoms with Crippen LogP contribution < -0.4 is 16.0 Å². The van der Waals surface area contributed by atoms with Crippen LogP contribution in [0, 0.1) is 5.41 Å². The van der Waals surface area contributed by atoms with Crippen LogP contribution in [-0.4, -0.2) is 44.1 Å². The second-order valence-corrected chi connectivity index (χ2v) is 11.7. The van der Waals surface area contributed by atoms with E-state index >= 15 is 0 Å². The van der Waals surface area contributed by atoms with Crippen LogP contribution in [0.1, 0.15) is 51.0 Å². The molecule has 8 heteroatoms. The average Bonchev–Trinajstić information content (AvgIpc) is 2.93. The number of nitrogens with zero attached hydrogens (tertiary/aromatic N) is 5. The van der Waals surface area contributed by atoms with E-state index in [0.29, 0.717) is 23.6 Å². The summed E-state index contributed by atoms with van der Waals surface area (Å²) in [7, 11) is 0. The van der Waals surface area contributed by atoms with Crippen molar-refractivity contribution < 1.29 is 0 Å². The molecule has 3 N–H and O–H groups in total. The topological polar surface area (TPSA) is 101 Å². The second kappa shape index (κ2) is 10.1. The van der Waals surface area contributed by atoms with Gasteiger partial charge < -0.3 is 16.0 Å². The van der Waals surface area contributed by atoms with Crippen LogP contribution >= 0.6 is 0 Å². The highest BCUT2D eigenvalue weighted by Crippen LogP contribution is 2.42. The summed E-state index contributed by atoms with van der Waals surface area (Å²) < 4.78 is 0. The molecule has 1 saturated carbocycles. The molecule has 1 aliphatic heterocycles. The van der Waals surface area contributed by atoms with E-state index in [2.05, 4.69) is 51.9 Å². The van der Waals surface area contributed by atoms with Crippen LogP contribution in [0.25, 0.3) is 33.2 Å². The second-order valence-electron chi connectivity index (χ2n) is 11.7. The van der Waals surface area contributed by atoms with E-state index in [4.69, 9.17) is 15.0 Å². The molecule has 1 aliphatic carbocycles. The molecule has 2 aliphatic rings. The Kier molecular flexibility index (Phi) is 6.27. The lowest BCUT2D eigenvalue weighted by Crippen LogP contribution is -2.49. The Morgan fingerprint density at radius 2 is 1.80 bits per heavy atom.